The summed E-state index contributed by atoms with van der Waals surface area (Å²) in [5.74, 6) is 6.63. The maximum absolute atomic E-state index is 12.8. The molecule has 0 aliphatic rings. The molecule has 0 bridgehead atoms. The number of benzene rings is 3. The lowest BCUT2D eigenvalue weighted by Gasteiger charge is -2.13. The van der Waals surface area contributed by atoms with Gasteiger partial charge in [-0.15, -0.1) is 10.2 Å². The number of anilines is 1. The number of nitrogens with one attached hydrogen (secondary N) is 1. The smallest absolute Gasteiger partial charge is 0.237 e. The third-order valence-electron chi connectivity index (χ3n) is 4.67. The van der Waals surface area contributed by atoms with Gasteiger partial charge in [0.2, 0.25) is 11.1 Å². The van der Waals surface area contributed by atoms with E-state index >= 15 is 0 Å². The molecule has 29 heavy (non-hydrogen) atoms. The highest BCUT2D eigenvalue weighted by Gasteiger charge is 2.20. The molecule has 1 atom stereocenters. The van der Waals surface area contributed by atoms with Gasteiger partial charge in [0, 0.05) is 16.6 Å². The van der Waals surface area contributed by atoms with E-state index < -0.39 is 5.25 Å². The lowest BCUT2D eigenvalue weighted by Crippen LogP contribution is -2.23. The topological polar surface area (TPSA) is 85.8 Å². The van der Waals surface area contributed by atoms with Crippen LogP contribution < -0.4 is 11.2 Å². The first-order chi connectivity index (χ1) is 14.0. The van der Waals surface area contributed by atoms with Crippen LogP contribution in [0.5, 0.6) is 0 Å². The minimum Gasteiger partial charge on any atom is -0.335 e. The van der Waals surface area contributed by atoms with Crippen molar-refractivity contribution in [2.24, 2.45) is 0 Å². The van der Waals surface area contributed by atoms with Gasteiger partial charge in [-0.05, 0) is 25.3 Å². The Morgan fingerprint density at radius 3 is 2.55 bits per heavy atom. The monoisotopic (exact) mass is 403 g/mol. The molecule has 6 nitrogen and oxygen atoms in total. The largest absolute Gasteiger partial charge is 0.335 e. The molecule has 3 N–H and O–H groups in total. The lowest BCUT2D eigenvalue weighted by molar-refractivity contribution is -0.115. The molecule has 146 valence electrons. The number of nitrogens with zero attached hydrogens (tertiary/aromatic N) is 3. The zero-order valence-electron chi connectivity index (χ0n) is 16.2. The quantitative estimate of drug-likeness (QED) is 0.384. The molecule has 0 fully saturated rings. The Morgan fingerprint density at radius 2 is 1.76 bits per heavy atom. The summed E-state index contributed by atoms with van der Waals surface area (Å²) in [6.07, 6.45) is 0. The zero-order chi connectivity index (χ0) is 20.4. The normalized spacial score (nSPS) is 12.1. The molecule has 0 saturated carbocycles. The number of hydrogen-bond acceptors (Lipinski definition) is 5. The van der Waals surface area contributed by atoms with Crippen LogP contribution in [0.2, 0.25) is 0 Å². The minimum absolute atomic E-state index is 0.119. The van der Waals surface area contributed by atoms with Crippen molar-refractivity contribution in [3.05, 3.63) is 72.3 Å². The van der Waals surface area contributed by atoms with Crippen LogP contribution in [0, 0.1) is 6.92 Å². The molecular formula is C22H21N5OS. The summed E-state index contributed by atoms with van der Waals surface area (Å²) in [5, 5.41) is 13.5. The number of rotatable bonds is 5. The molecule has 1 heterocycles. The molecular weight excluding hydrogens is 382 g/mol. The number of nitrogens with two attached hydrogens (primary N) is 1. The van der Waals surface area contributed by atoms with Crippen LogP contribution in [0.1, 0.15) is 12.5 Å². The van der Waals surface area contributed by atoms with Crippen LogP contribution in [0.15, 0.2) is 71.9 Å². The highest BCUT2D eigenvalue weighted by atomic mass is 32.2. The summed E-state index contributed by atoms with van der Waals surface area (Å²) < 4.78 is 1.43. The fourth-order valence-corrected chi connectivity index (χ4v) is 3.81. The first kappa shape index (κ1) is 19.0. The van der Waals surface area contributed by atoms with Gasteiger partial charge in [0.05, 0.1) is 5.25 Å². The van der Waals surface area contributed by atoms with Gasteiger partial charge in [0.1, 0.15) is 0 Å². The van der Waals surface area contributed by atoms with Crippen LogP contribution in [0.25, 0.3) is 22.2 Å². The van der Waals surface area contributed by atoms with Gasteiger partial charge < -0.3 is 11.2 Å². The Labute approximate surface area is 173 Å². The van der Waals surface area contributed by atoms with E-state index in [1.165, 1.54) is 16.4 Å². The number of hydrogen-bond donors (Lipinski definition) is 2. The lowest BCUT2D eigenvalue weighted by atomic mass is 10.1. The third-order valence-corrected chi connectivity index (χ3v) is 5.73. The number of aromatic nitrogens is 3. The minimum atomic E-state index is -0.397. The van der Waals surface area contributed by atoms with Gasteiger partial charge in [0.15, 0.2) is 5.82 Å². The molecule has 3 aromatic carbocycles. The van der Waals surface area contributed by atoms with Gasteiger partial charge >= 0.3 is 0 Å². The van der Waals surface area contributed by atoms with E-state index in [9.17, 15) is 4.79 Å². The van der Waals surface area contributed by atoms with E-state index in [4.69, 9.17) is 5.84 Å². The number of nitrogen functional groups attached to an aromatic ring is 1. The van der Waals surface area contributed by atoms with Gasteiger partial charge in [-0.1, -0.05) is 78.0 Å². The van der Waals surface area contributed by atoms with Crippen LogP contribution in [0.4, 0.5) is 5.69 Å². The summed E-state index contributed by atoms with van der Waals surface area (Å²) in [4.78, 5) is 12.8. The molecule has 7 heteroatoms. The number of carbonyl (C=O) groups excluding carboxylic acids is 1. The molecule has 0 spiro atoms. The number of carbonyl (C=O) groups is 1. The molecule has 1 aromatic heterocycles. The maximum Gasteiger partial charge on any atom is 0.237 e. The van der Waals surface area contributed by atoms with E-state index in [0.29, 0.717) is 11.0 Å². The van der Waals surface area contributed by atoms with Crippen molar-refractivity contribution in [2.75, 3.05) is 11.2 Å². The van der Waals surface area contributed by atoms with E-state index in [-0.39, 0.29) is 5.91 Å². The van der Waals surface area contributed by atoms with Crippen molar-refractivity contribution in [3.63, 3.8) is 0 Å². The highest BCUT2D eigenvalue weighted by Crippen LogP contribution is 2.27. The van der Waals surface area contributed by atoms with Crippen molar-refractivity contribution in [1.29, 1.82) is 0 Å². The first-order valence-electron chi connectivity index (χ1n) is 9.26. The average molecular weight is 404 g/mol. The first-order valence-corrected chi connectivity index (χ1v) is 10.1. The van der Waals surface area contributed by atoms with E-state index in [1.54, 1.807) is 0 Å². The Kier molecular flexibility index (Phi) is 5.22. The Balaban J connectivity index is 1.50. The maximum atomic E-state index is 12.8. The summed E-state index contributed by atoms with van der Waals surface area (Å²) in [7, 11) is 0. The molecule has 0 saturated heterocycles. The SMILES string of the molecule is Cc1ccc(-c2nnc(SC(C)C(=O)Nc3cccc4ccccc34)n2N)cc1. The summed E-state index contributed by atoms with van der Waals surface area (Å²) >= 11 is 1.27. The van der Waals surface area contributed by atoms with E-state index in [1.807, 2.05) is 80.6 Å². The van der Waals surface area contributed by atoms with Crippen LogP contribution in [-0.4, -0.2) is 26.0 Å². The highest BCUT2D eigenvalue weighted by molar-refractivity contribution is 8.00. The predicted molar refractivity (Wildman–Crippen MR) is 118 cm³/mol. The van der Waals surface area contributed by atoms with Crippen molar-refractivity contribution in [3.8, 4) is 11.4 Å². The number of fused-ring (bicyclic) bond motifs is 1. The van der Waals surface area contributed by atoms with Crippen LogP contribution in [-0.2, 0) is 4.79 Å². The molecule has 1 unspecified atom stereocenters. The zero-order valence-corrected chi connectivity index (χ0v) is 17.0. The molecule has 0 aliphatic carbocycles. The third kappa shape index (κ3) is 3.95. The van der Waals surface area contributed by atoms with Gasteiger partial charge in [-0.3, -0.25) is 4.79 Å². The molecule has 4 rings (SSSR count). The predicted octanol–water partition coefficient (Wildman–Crippen LogP) is 4.24. The van der Waals surface area contributed by atoms with E-state index in [2.05, 4.69) is 15.5 Å². The Morgan fingerprint density at radius 1 is 1.03 bits per heavy atom. The van der Waals surface area contributed by atoms with Crippen molar-refractivity contribution in [1.82, 2.24) is 14.9 Å². The Hall–Kier alpha value is -3.32. The van der Waals surface area contributed by atoms with Gasteiger partial charge in [0.25, 0.3) is 0 Å². The molecule has 0 radical (unpaired) electrons. The van der Waals surface area contributed by atoms with Crippen molar-refractivity contribution >= 4 is 34.1 Å². The second kappa shape index (κ2) is 7.97. The molecule has 4 aromatic rings. The summed E-state index contributed by atoms with van der Waals surface area (Å²) in [6, 6.07) is 21.7. The van der Waals surface area contributed by atoms with Gasteiger partial charge in [-0.25, -0.2) is 4.68 Å². The fraction of sp³-hybridized carbons (Fsp3) is 0.136. The van der Waals surface area contributed by atoms with E-state index in [0.717, 1.165) is 27.6 Å². The standard InChI is InChI=1S/C22H21N5OS/c1-14-10-12-17(13-11-14)20-25-26-22(27(20)23)29-15(2)21(28)24-19-9-5-7-16-6-3-4-8-18(16)19/h3-13,15H,23H2,1-2H3,(H,24,28). The average Bonchev–Trinajstić information content (AvgIpc) is 3.09. The number of thioether (sulfide) groups is 1. The number of amides is 1. The van der Waals surface area contributed by atoms with Crippen LogP contribution >= 0.6 is 11.8 Å². The summed E-state index contributed by atoms with van der Waals surface area (Å²) in [5.41, 5.74) is 2.82. The van der Waals surface area contributed by atoms with Gasteiger partial charge in [-0.2, -0.15) is 0 Å². The summed E-state index contributed by atoms with van der Waals surface area (Å²) in [6.45, 7) is 3.85. The van der Waals surface area contributed by atoms with Crippen LogP contribution in [0.3, 0.4) is 0 Å². The second-order valence-electron chi connectivity index (χ2n) is 6.82. The molecule has 1 amide bonds. The number of aryl methyl sites for hydroxylation is 1. The van der Waals surface area contributed by atoms with Crippen molar-refractivity contribution in [2.45, 2.75) is 24.3 Å². The molecule has 0 aliphatic heterocycles. The fourth-order valence-electron chi connectivity index (χ4n) is 3.04. The second-order valence-corrected chi connectivity index (χ2v) is 8.13. The Bertz CT molecular complexity index is 1160. The van der Waals surface area contributed by atoms with Crippen molar-refractivity contribution < 1.29 is 4.79 Å².